The van der Waals surface area contributed by atoms with E-state index in [1.807, 2.05) is 6.07 Å². The summed E-state index contributed by atoms with van der Waals surface area (Å²) < 4.78 is 0. The van der Waals surface area contributed by atoms with Crippen molar-refractivity contribution in [1.82, 2.24) is 5.73 Å². The molecule has 0 unspecified atom stereocenters. The molecule has 0 bridgehead atoms. The van der Waals surface area contributed by atoms with Gasteiger partial charge in [0.15, 0.2) is 0 Å². The Morgan fingerprint density at radius 2 is 1.77 bits per heavy atom. The molecule has 1 radical (unpaired) electrons. The van der Waals surface area contributed by atoms with E-state index in [0.29, 0.717) is 5.69 Å². The smallest absolute Gasteiger partial charge is 0.0574 e. The Labute approximate surface area is 81.0 Å². The number of rotatable bonds is 4. The largest absolute Gasteiger partial charge is 0.301 e. The van der Waals surface area contributed by atoms with Crippen LogP contribution in [-0.4, -0.2) is 0 Å². The summed E-state index contributed by atoms with van der Waals surface area (Å²) in [4.78, 5) is 0. The standard InChI is InChI=1S/C12H18N/c1-3-5-10-7-8-11(6-4-2)12(13)9-10/h7-9,13H,3-6H2,1-2H3. The normalized spacial score (nSPS) is 10.3. The zero-order chi connectivity index (χ0) is 9.68. The molecular formula is C12H18N. The maximum Gasteiger partial charge on any atom is 0.0574 e. The molecular weight excluding hydrogens is 158 g/mol. The van der Waals surface area contributed by atoms with Gasteiger partial charge in [-0.2, -0.15) is 0 Å². The molecule has 71 valence electrons. The van der Waals surface area contributed by atoms with Crippen molar-refractivity contribution in [3.8, 4) is 0 Å². The summed E-state index contributed by atoms with van der Waals surface area (Å²) in [5, 5.41) is 0. The third kappa shape index (κ3) is 2.76. The number of hydrogen-bond acceptors (Lipinski definition) is 0. The Morgan fingerprint density at radius 3 is 2.31 bits per heavy atom. The summed E-state index contributed by atoms with van der Waals surface area (Å²) in [6.45, 7) is 4.32. The first-order chi connectivity index (χ1) is 6.27. The van der Waals surface area contributed by atoms with Crippen molar-refractivity contribution in [2.75, 3.05) is 0 Å². The van der Waals surface area contributed by atoms with Gasteiger partial charge in [0, 0.05) is 0 Å². The summed E-state index contributed by atoms with van der Waals surface area (Å²) in [6, 6.07) is 6.28. The second-order valence-electron chi connectivity index (χ2n) is 3.49. The van der Waals surface area contributed by atoms with E-state index in [1.54, 1.807) is 0 Å². The molecule has 1 rings (SSSR count). The van der Waals surface area contributed by atoms with Gasteiger partial charge < -0.3 is 5.73 Å². The molecule has 0 amide bonds. The minimum absolute atomic E-state index is 0.716. The Morgan fingerprint density at radius 1 is 1.08 bits per heavy atom. The Balaban J connectivity index is 2.79. The van der Waals surface area contributed by atoms with Gasteiger partial charge >= 0.3 is 0 Å². The van der Waals surface area contributed by atoms with E-state index in [1.165, 1.54) is 11.1 Å². The highest BCUT2D eigenvalue weighted by Crippen LogP contribution is 2.18. The van der Waals surface area contributed by atoms with Gasteiger partial charge in [0.2, 0.25) is 0 Å². The molecule has 1 aromatic rings. The fourth-order valence-electron chi connectivity index (χ4n) is 1.56. The molecule has 0 heterocycles. The lowest BCUT2D eigenvalue weighted by molar-refractivity contribution is 0.903. The minimum Gasteiger partial charge on any atom is -0.301 e. The monoisotopic (exact) mass is 176 g/mol. The van der Waals surface area contributed by atoms with Crippen molar-refractivity contribution in [3.05, 3.63) is 29.3 Å². The second-order valence-corrected chi connectivity index (χ2v) is 3.49. The molecule has 1 aromatic carbocycles. The van der Waals surface area contributed by atoms with Crippen LogP contribution in [0.25, 0.3) is 0 Å². The topological polar surface area (TPSA) is 23.8 Å². The number of hydrogen-bond donors (Lipinski definition) is 0. The SMILES string of the molecule is CCCc1ccc(CCC)c([NH])c1. The highest BCUT2D eigenvalue weighted by atomic mass is 14.6. The van der Waals surface area contributed by atoms with Gasteiger partial charge in [0.05, 0.1) is 5.69 Å². The molecule has 0 fully saturated rings. The van der Waals surface area contributed by atoms with Crippen molar-refractivity contribution >= 4 is 5.69 Å². The van der Waals surface area contributed by atoms with Crippen molar-refractivity contribution in [3.63, 3.8) is 0 Å². The molecule has 0 saturated carbocycles. The van der Waals surface area contributed by atoms with Crippen molar-refractivity contribution < 1.29 is 0 Å². The van der Waals surface area contributed by atoms with Gasteiger partial charge in [-0.15, -0.1) is 0 Å². The van der Waals surface area contributed by atoms with E-state index in [0.717, 1.165) is 25.7 Å². The van der Waals surface area contributed by atoms with E-state index in [9.17, 15) is 0 Å². The molecule has 1 heteroatoms. The van der Waals surface area contributed by atoms with E-state index in [2.05, 4.69) is 26.0 Å². The van der Waals surface area contributed by atoms with Crippen LogP contribution in [0, 0.1) is 0 Å². The summed E-state index contributed by atoms with van der Waals surface area (Å²) in [5.74, 6) is 0. The summed E-state index contributed by atoms with van der Waals surface area (Å²) in [6.07, 6.45) is 4.41. The summed E-state index contributed by atoms with van der Waals surface area (Å²) >= 11 is 0. The Hall–Kier alpha value is -0.980. The average molecular weight is 176 g/mol. The van der Waals surface area contributed by atoms with Crippen LogP contribution >= 0.6 is 0 Å². The van der Waals surface area contributed by atoms with Crippen molar-refractivity contribution in [1.29, 1.82) is 0 Å². The van der Waals surface area contributed by atoms with Gasteiger partial charge in [-0.3, -0.25) is 0 Å². The fourth-order valence-corrected chi connectivity index (χ4v) is 1.56. The highest BCUT2D eigenvalue weighted by Gasteiger charge is 1.99. The first-order valence-corrected chi connectivity index (χ1v) is 5.11. The third-order valence-corrected chi connectivity index (χ3v) is 2.23. The molecule has 13 heavy (non-hydrogen) atoms. The molecule has 0 aliphatic rings. The van der Waals surface area contributed by atoms with Crippen molar-refractivity contribution in [2.24, 2.45) is 0 Å². The zero-order valence-electron chi connectivity index (χ0n) is 8.56. The van der Waals surface area contributed by atoms with E-state index < -0.39 is 0 Å². The van der Waals surface area contributed by atoms with Crippen LogP contribution in [0.5, 0.6) is 0 Å². The highest BCUT2D eigenvalue weighted by molar-refractivity contribution is 5.46. The number of nitrogens with one attached hydrogen (secondary N) is 1. The fraction of sp³-hybridized carbons (Fsp3) is 0.500. The van der Waals surface area contributed by atoms with Gasteiger partial charge in [0.1, 0.15) is 0 Å². The van der Waals surface area contributed by atoms with Crippen LogP contribution in [0.15, 0.2) is 18.2 Å². The summed E-state index contributed by atoms with van der Waals surface area (Å²) in [7, 11) is 0. The van der Waals surface area contributed by atoms with E-state index >= 15 is 0 Å². The zero-order valence-corrected chi connectivity index (χ0v) is 8.56. The number of benzene rings is 1. The van der Waals surface area contributed by atoms with Gasteiger partial charge in [-0.25, -0.2) is 0 Å². The molecule has 0 atom stereocenters. The third-order valence-electron chi connectivity index (χ3n) is 2.23. The van der Waals surface area contributed by atoms with Crippen LogP contribution < -0.4 is 5.73 Å². The quantitative estimate of drug-likeness (QED) is 0.670. The Bertz CT molecular complexity index is 266. The van der Waals surface area contributed by atoms with Crippen LogP contribution in [0.4, 0.5) is 5.69 Å². The van der Waals surface area contributed by atoms with Gasteiger partial charge in [-0.1, -0.05) is 38.8 Å². The lowest BCUT2D eigenvalue weighted by Gasteiger charge is -2.05. The van der Waals surface area contributed by atoms with Gasteiger partial charge in [-0.05, 0) is 30.0 Å². The maximum atomic E-state index is 7.79. The molecule has 0 aliphatic heterocycles. The average Bonchev–Trinajstić information content (AvgIpc) is 2.10. The molecule has 0 spiro atoms. The maximum absolute atomic E-state index is 7.79. The molecule has 0 aromatic heterocycles. The summed E-state index contributed by atoms with van der Waals surface area (Å²) in [5.41, 5.74) is 11.0. The first kappa shape index (κ1) is 10.1. The lowest BCUT2D eigenvalue weighted by atomic mass is 10.0. The minimum atomic E-state index is 0.716. The van der Waals surface area contributed by atoms with Crippen molar-refractivity contribution in [2.45, 2.75) is 39.5 Å². The molecule has 0 aliphatic carbocycles. The number of aryl methyl sites for hydroxylation is 2. The van der Waals surface area contributed by atoms with E-state index in [4.69, 9.17) is 5.73 Å². The molecule has 1 nitrogen and oxygen atoms in total. The Kier molecular flexibility index (Phi) is 3.81. The molecule has 1 N–H and O–H groups in total. The van der Waals surface area contributed by atoms with E-state index in [-0.39, 0.29) is 0 Å². The van der Waals surface area contributed by atoms with Crippen LogP contribution in [0.2, 0.25) is 0 Å². The predicted molar refractivity (Wildman–Crippen MR) is 57.2 cm³/mol. The van der Waals surface area contributed by atoms with Crippen LogP contribution in [0.1, 0.15) is 37.8 Å². The second kappa shape index (κ2) is 4.90. The van der Waals surface area contributed by atoms with Gasteiger partial charge in [0.25, 0.3) is 0 Å². The van der Waals surface area contributed by atoms with Crippen LogP contribution in [0.3, 0.4) is 0 Å². The first-order valence-electron chi connectivity index (χ1n) is 5.11. The predicted octanol–water partition coefficient (Wildman–Crippen LogP) is 3.51. The lowest BCUT2D eigenvalue weighted by Crippen LogP contribution is -1.89. The molecule has 0 saturated heterocycles. The van der Waals surface area contributed by atoms with Crippen LogP contribution in [-0.2, 0) is 12.8 Å².